The van der Waals surface area contributed by atoms with Crippen LogP contribution in [0.1, 0.15) is 15.9 Å². The molecule has 2 aromatic rings. The molecule has 0 aromatic heterocycles. The minimum absolute atomic E-state index is 0.0929. The van der Waals surface area contributed by atoms with Gasteiger partial charge in [0.2, 0.25) is 0 Å². The van der Waals surface area contributed by atoms with Crippen molar-refractivity contribution >= 4 is 35.5 Å². The van der Waals surface area contributed by atoms with Gasteiger partial charge in [-0.25, -0.2) is 4.79 Å². The molecule has 1 aliphatic heterocycles. The monoisotopic (exact) mass is 389 g/mol. The zero-order valence-corrected chi connectivity index (χ0v) is 16.0. The van der Waals surface area contributed by atoms with Crippen molar-refractivity contribution in [2.45, 2.75) is 0 Å². The van der Waals surface area contributed by atoms with Gasteiger partial charge in [0.15, 0.2) is 0 Å². The van der Waals surface area contributed by atoms with Crippen molar-refractivity contribution in [2.24, 2.45) is 0 Å². The fourth-order valence-electron chi connectivity index (χ4n) is 2.72. The van der Waals surface area contributed by atoms with Crippen molar-refractivity contribution in [3.05, 3.63) is 83.4 Å². The fraction of sp³-hybridized carbons (Fsp3) is 0.0909. The number of allylic oxidation sites excluding steroid dienone is 2. The summed E-state index contributed by atoms with van der Waals surface area (Å²) in [5.41, 5.74) is 1.91. The van der Waals surface area contributed by atoms with Gasteiger partial charge in [-0.05, 0) is 35.9 Å². The van der Waals surface area contributed by atoms with Crippen molar-refractivity contribution in [1.29, 1.82) is 0 Å². The first-order valence-electron chi connectivity index (χ1n) is 8.83. The Morgan fingerprint density at radius 2 is 1.45 bits per heavy atom. The number of hydrogen-bond acceptors (Lipinski definition) is 4. The van der Waals surface area contributed by atoms with E-state index in [1.165, 1.54) is 20.2 Å². The summed E-state index contributed by atoms with van der Waals surface area (Å²) in [7, 11) is 2.65. The first-order chi connectivity index (χ1) is 13.9. The molecule has 1 fully saturated rings. The van der Waals surface area contributed by atoms with Crippen LogP contribution in [0.25, 0.3) is 6.08 Å². The van der Waals surface area contributed by atoms with E-state index in [1.54, 1.807) is 48.6 Å². The van der Waals surface area contributed by atoms with Gasteiger partial charge in [0.1, 0.15) is 5.57 Å². The summed E-state index contributed by atoms with van der Waals surface area (Å²) in [5, 5.41) is 2.81. The Morgan fingerprint density at radius 3 is 2.03 bits per heavy atom. The number of urea groups is 1. The van der Waals surface area contributed by atoms with Crippen molar-refractivity contribution < 1.29 is 19.2 Å². The van der Waals surface area contributed by atoms with Gasteiger partial charge in [-0.2, -0.15) is 0 Å². The summed E-state index contributed by atoms with van der Waals surface area (Å²) < 4.78 is 0. The molecule has 5 amide bonds. The van der Waals surface area contributed by atoms with Crippen LogP contribution in [0.3, 0.4) is 0 Å². The summed E-state index contributed by atoms with van der Waals surface area (Å²) in [6.07, 6.45) is 4.63. The summed E-state index contributed by atoms with van der Waals surface area (Å²) in [5.74, 6) is -1.51. The number of rotatable bonds is 4. The van der Waals surface area contributed by atoms with Gasteiger partial charge >= 0.3 is 6.03 Å². The van der Waals surface area contributed by atoms with E-state index in [4.69, 9.17) is 0 Å². The number of benzene rings is 2. The number of amides is 5. The summed E-state index contributed by atoms with van der Waals surface area (Å²) in [4.78, 5) is 50.0. The first-order valence-corrected chi connectivity index (χ1v) is 8.83. The zero-order valence-electron chi connectivity index (χ0n) is 16.0. The second-order valence-corrected chi connectivity index (χ2v) is 6.39. The molecule has 0 aliphatic carbocycles. The zero-order chi connectivity index (χ0) is 21.0. The van der Waals surface area contributed by atoms with Crippen molar-refractivity contribution in [2.75, 3.05) is 19.4 Å². The minimum Gasteiger partial charge on any atom is -0.322 e. The highest BCUT2D eigenvalue weighted by Crippen LogP contribution is 2.15. The molecule has 1 aliphatic rings. The molecule has 1 saturated heterocycles. The molecule has 0 radical (unpaired) electrons. The topological polar surface area (TPSA) is 86.8 Å². The molecule has 1 N–H and O–H groups in total. The van der Waals surface area contributed by atoms with Gasteiger partial charge in [-0.3, -0.25) is 24.2 Å². The molecule has 2 aromatic carbocycles. The maximum atomic E-state index is 12.3. The lowest BCUT2D eigenvalue weighted by molar-refractivity contribution is -0.134. The predicted molar refractivity (Wildman–Crippen MR) is 109 cm³/mol. The largest absolute Gasteiger partial charge is 0.333 e. The van der Waals surface area contributed by atoms with E-state index >= 15 is 0 Å². The highest BCUT2D eigenvalue weighted by molar-refractivity contribution is 6.28. The van der Waals surface area contributed by atoms with Crippen LogP contribution in [0.2, 0.25) is 0 Å². The van der Waals surface area contributed by atoms with Gasteiger partial charge < -0.3 is 5.32 Å². The number of likely N-dealkylation sites (N-methyl/N-ethyl adjacent to an activating group) is 2. The Morgan fingerprint density at radius 1 is 0.862 bits per heavy atom. The third-order valence-electron chi connectivity index (χ3n) is 4.40. The van der Waals surface area contributed by atoms with Crippen LogP contribution in [-0.4, -0.2) is 47.6 Å². The molecule has 146 valence electrons. The Kier molecular flexibility index (Phi) is 5.69. The molecule has 0 spiro atoms. The van der Waals surface area contributed by atoms with Crippen LogP contribution in [0, 0.1) is 0 Å². The van der Waals surface area contributed by atoms with E-state index in [9.17, 15) is 19.2 Å². The molecule has 0 atom stereocenters. The number of barbiturate groups is 1. The van der Waals surface area contributed by atoms with Gasteiger partial charge in [0.05, 0.1) is 0 Å². The molecule has 7 nitrogen and oxygen atoms in total. The molecule has 3 rings (SSSR count). The van der Waals surface area contributed by atoms with Crippen LogP contribution < -0.4 is 5.32 Å². The Balaban J connectivity index is 1.69. The van der Waals surface area contributed by atoms with Gasteiger partial charge in [0, 0.05) is 25.3 Å². The van der Waals surface area contributed by atoms with E-state index in [0.29, 0.717) is 11.3 Å². The predicted octanol–water partition coefficient (Wildman–Crippen LogP) is 2.93. The average molecular weight is 389 g/mol. The maximum absolute atomic E-state index is 12.3. The highest BCUT2D eigenvalue weighted by Gasteiger charge is 2.37. The van der Waals surface area contributed by atoms with E-state index in [-0.39, 0.29) is 11.5 Å². The quantitative estimate of drug-likeness (QED) is 0.643. The number of hydrogen-bond donors (Lipinski definition) is 1. The number of carbonyl (C=O) groups is 4. The molecule has 0 unspecified atom stereocenters. The molecular weight excluding hydrogens is 370 g/mol. The van der Waals surface area contributed by atoms with E-state index in [1.807, 2.05) is 18.2 Å². The van der Waals surface area contributed by atoms with Gasteiger partial charge in [-0.1, -0.05) is 42.5 Å². The Bertz CT molecular complexity index is 998. The molecule has 1 heterocycles. The SMILES string of the molecule is CN1C(=O)C(=CC=Cc2ccc(C(=O)Nc3ccccc3)cc2)C(=O)N(C)C1=O. The number of carbonyl (C=O) groups excluding carboxylic acids is 4. The van der Waals surface area contributed by atoms with Crippen LogP contribution >= 0.6 is 0 Å². The number of para-hydroxylation sites is 1. The molecular formula is C22H19N3O4. The first kappa shape index (κ1) is 19.8. The number of nitrogens with one attached hydrogen (secondary N) is 1. The molecule has 0 saturated carbocycles. The average Bonchev–Trinajstić information content (AvgIpc) is 2.74. The Labute approximate surface area is 167 Å². The second-order valence-electron chi connectivity index (χ2n) is 6.39. The van der Waals surface area contributed by atoms with Crippen LogP contribution in [0.5, 0.6) is 0 Å². The summed E-state index contributed by atoms with van der Waals surface area (Å²) in [6.45, 7) is 0. The number of imide groups is 2. The lowest BCUT2D eigenvalue weighted by Gasteiger charge is -2.28. The standard InChI is InChI=1S/C22H19N3O4/c1-24-20(27)18(21(28)25(2)22(24)29)10-6-7-15-11-13-16(14-12-15)19(26)23-17-8-4-3-5-9-17/h3-14H,1-2H3,(H,23,26). The normalized spacial score (nSPS) is 14.6. The lowest BCUT2D eigenvalue weighted by atomic mass is 10.1. The van der Waals surface area contributed by atoms with Crippen molar-refractivity contribution in [3.63, 3.8) is 0 Å². The van der Waals surface area contributed by atoms with Gasteiger partial charge in [0.25, 0.3) is 17.7 Å². The third-order valence-corrected chi connectivity index (χ3v) is 4.40. The van der Waals surface area contributed by atoms with Crippen LogP contribution in [0.4, 0.5) is 10.5 Å². The van der Waals surface area contributed by atoms with Crippen molar-refractivity contribution in [1.82, 2.24) is 9.80 Å². The fourth-order valence-corrected chi connectivity index (χ4v) is 2.72. The highest BCUT2D eigenvalue weighted by atomic mass is 16.2. The lowest BCUT2D eigenvalue weighted by Crippen LogP contribution is -2.52. The van der Waals surface area contributed by atoms with Crippen LogP contribution in [-0.2, 0) is 9.59 Å². The number of nitrogens with zero attached hydrogens (tertiary/aromatic N) is 2. The third kappa shape index (κ3) is 4.30. The second kappa shape index (κ2) is 8.35. The minimum atomic E-state index is -0.662. The van der Waals surface area contributed by atoms with E-state index in [2.05, 4.69) is 5.32 Å². The maximum Gasteiger partial charge on any atom is 0.333 e. The van der Waals surface area contributed by atoms with Gasteiger partial charge in [-0.15, -0.1) is 0 Å². The molecule has 0 bridgehead atoms. The van der Waals surface area contributed by atoms with E-state index in [0.717, 1.165) is 15.4 Å². The summed E-state index contributed by atoms with van der Waals surface area (Å²) >= 11 is 0. The van der Waals surface area contributed by atoms with E-state index < -0.39 is 17.8 Å². The smallest absolute Gasteiger partial charge is 0.322 e. The van der Waals surface area contributed by atoms with Crippen LogP contribution in [0.15, 0.2) is 72.3 Å². The summed E-state index contributed by atoms with van der Waals surface area (Å²) in [6, 6.07) is 15.4. The molecule has 7 heteroatoms. The Hall–Kier alpha value is -4.00. The molecule has 29 heavy (non-hydrogen) atoms. The van der Waals surface area contributed by atoms with Crippen molar-refractivity contribution in [3.8, 4) is 0 Å². The number of anilines is 1.